The molecule has 0 radical (unpaired) electrons. The van der Waals surface area contributed by atoms with Gasteiger partial charge in [-0.05, 0) is 13.8 Å². The van der Waals surface area contributed by atoms with Crippen molar-refractivity contribution in [3.05, 3.63) is 0 Å². The second-order valence-electron chi connectivity index (χ2n) is 2.13. The van der Waals surface area contributed by atoms with Crippen molar-refractivity contribution in [2.75, 3.05) is 7.05 Å². The topological polar surface area (TPSA) is 74.3 Å². The number of rotatable bonds is 2. The second kappa shape index (κ2) is 4.00. The van der Waals surface area contributed by atoms with E-state index in [1.807, 2.05) is 0 Å². The normalized spacial score (nSPS) is 14.6. The number of nitrogens with two attached hydrogens (primary N) is 1. The van der Waals surface area contributed by atoms with Crippen LogP contribution in [0, 0.1) is 5.41 Å². The van der Waals surface area contributed by atoms with E-state index < -0.39 is 0 Å². The first-order valence-corrected chi connectivity index (χ1v) is 3.12. The molecule has 0 spiro atoms. The smallest absolute Gasteiger partial charge is 0.142 e. The van der Waals surface area contributed by atoms with E-state index in [0.717, 1.165) is 0 Å². The largest absolute Gasteiger partial charge is 0.354 e. The van der Waals surface area contributed by atoms with E-state index >= 15 is 0 Å². The molecule has 0 aliphatic carbocycles. The van der Waals surface area contributed by atoms with Crippen molar-refractivity contribution in [3.8, 4) is 0 Å². The summed E-state index contributed by atoms with van der Waals surface area (Å²) in [6.07, 6.45) is -0.154. The van der Waals surface area contributed by atoms with Crippen LogP contribution >= 0.6 is 0 Å². The Labute approximate surface area is 61.0 Å². The first-order chi connectivity index (χ1) is 4.57. The van der Waals surface area contributed by atoms with Gasteiger partial charge in [0.25, 0.3) is 0 Å². The van der Waals surface area contributed by atoms with E-state index in [0.29, 0.717) is 11.5 Å². The third-order valence-electron chi connectivity index (χ3n) is 0.943. The molecular weight excluding hydrogens is 128 g/mol. The summed E-state index contributed by atoms with van der Waals surface area (Å²) in [7, 11) is 1.63. The molecule has 0 aromatic heterocycles. The van der Waals surface area contributed by atoms with E-state index in [1.54, 1.807) is 20.9 Å². The molecule has 0 fully saturated rings. The summed E-state index contributed by atoms with van der Waals surface area (Å²) in [5, 5.41) is 10.0. The van der Waals surface area contributed by atoms with Crippen LogP contribution in [0.4, 0.5) is 0 Å². The van der Waals surface area contributed by atoms with Gasteiger partial charge in [-0.15, -0.1) is 0 Å². The predicted octanol–water partition coefficient (Wildman–Crippen LogP) is -0.0513. The summed E-state index contributed by atoms with van der Waals surface area (Å²) in [5.41, 5.74) is 5.82. The quantitative estimate of drug-likeness (QED) is 0.287. The van der Waals surface area contributed by atoms with Crippen molar-refractivity contribution >= 4 is 11.5 Å². The highest BCUT2D eigenvalue weighted by molar-refractivity contribution is 6.39. The SMILES string of the molecule is CN=C(NC(C)N)C(C)=N. The summed E-state index contributed by atoms with van der Waals surface area (Å²) in [4.78, 5) is 3.83. The molecule has 58 valence electrons. The zero-order chi connectivity index (χ0) is 8.15. The van der Waals surface area contributed by atoms with Gasteiger partial charge in [-0.3, -0.25) is 4.99 Å². The molecule has 1 unspecified atom stereocenters. The molecular formula is C6H14N4. The third kappa shape index (κ3) is 3.19. The maximum atomic E-state index is 7.20. The van der Waals surface area contributed by atoms with Crippen LogP contribution in [-0.2, 0) is 0 Å². The minimum Gasteiger partial charge on any atom is -0.354 e. The van der Waals surface area contributed by atoms with Gasteiger partial charge in [0.05, 0.1) is 11.9 Å². The molecule has 1 atom stereocenters. The fraction of sp³-hybridized carbons (Fsp3) is 0.667. The molecule has 4 nitrogen and oxygen atoms in total. The van der Waals surface area contributed by atoms with Crippen molar-refractivity contribution in [2.24, 2.45) is 10.7 Å². The lowest BCUT2D eigenvalue weighted by Gasteiger charge is -2.10. The van der Waals surface area contributed by atoms with Gasteiger partial charge in [0.15, 0.2) is 0 Å². The zero-order valence-corrected chi connectivity index (χ0v) is 6.60. The summed E-state index contributed by atoms with van der Waals surface area (Å²) in [6, 6.07) is 0. The van der Waals surface area contributed by atoms with Crippen LogP contribution in [-0.4, -0.2) is 24.8 Å². The number of nitrogens with zero attached hydrogens (tertiary/aromatic N) is 1. The van der Waals surface area contributed by atoms with Crippen molar-refractivity contribution < 1.29 is 0 Å². The monoisotopic (exact) mass is 142 g/mol. The highest BCUT2D eigenvalue weighted by Gasteiger charge is 2.00. The highest BCUT2D eigenvalue weighted by Crippen LogP contribution is 1.77. The highest BCUT2D eigenvalue weighted by atomic mass is 15.1. The Morgan fingerprint density at radius 3 is 2.30 bits per heavy atom. The molecule has 0 saturated carbocycles. The van der Waals surface area contributed by atoms with Crippen LogP contribution in [0.25, 0.3) is 0 Å². The number of hydrogen-bond donors (Lipinski definition) is 3. The molecule has 4 N–H and O–H groups in total. The number of aliphatic imine (C=N–C) groups is 1. The maximum Gasteiger partial charge on any atom is 0.142 e. The Morgan fingerprint density at radius 2 is 2.20 bits per heavy atom. The Balaban J connectivity index is 3.99. The first kappa shape index (κ1) is 9.10. The molecule has 0 bridgehead atoms. The van der Waals surface area contributed by atoms with Gasteiger partial charge in [-0.2, -0.15) is 0 Å². The predicted molar refractivity (Wildman–Crippen MR) is 43.5 cm³/mol. The standard InChI is InChI=1S/C6H14N4/c1-4(7)6(9-3)10-5(2)8/h5,7H,8H2,1-3H3,(H,9,10). The Bertz CT molecular complexity index is 148. The van der Waals surface area contributed by atoms with E-state index in [1.165, 1.54) is 0 Å². The van der Waals surface area contributed by atoms with Gasteiger partial charge in [0.1, 0.15) is 5.84 Å². The molecule has 0 heterocycles. The Kier molecular flexibility index (Phi) is 3.64. The van der Waals surface area contributed by atoms with Crippen LogP contribution in [0.1, 0.15) is 13.8 Å². The molecule has 0 amide bonds. The molecule has 0 rings (SSSR count). The maximum absolute atomic E-state index is 7.20. The van der Waals surface area contributed by atoms with Crippen molar-refractivity contribution in [3.63, 3.8) is 0 Å². The van der Waals surface area contributed by atoms with Crippen LogP contribution in [0.15, 0.2) is 4.99 Å². The van der Waals surface area contributed by atoms with Crippen LogP contribution in [0.2, 0.25) is 0 Å². The van der Waals surface area contributed by atoms with Crippen LogP contribution < -0.4 is 11.1 Å². The minimum absolute atomic E-state index is 0.154. The minimum atomic E-state index is -0.154. The molecule has 0 aromatic carbocycles. The van der Waals surface area contributed by atoms with Gasteiger partial charge in [0, 0.05) is 7.05 Å². The van der Waals surface area contributed by atoms with E-state index in [9.17, 15) is 0 Å². The molecule has 0 saturated heterocycles. The third-order valence-corrected chi connectivity index (χ3v) is 0.943. The van der Waals surface area contributed by atoms with Crippen LogP contribution in [0.5, 0.6) is 0 Å². The van der Waals surface area contributed by atoms with Crippen molar-refractivity contribution in [2.45, 2.75) is 20.0 Å². The van der Waals surface area contributed by atoms with E-state index in [2.05, 4.69) is 10.3 Å². The number of nitrogens with one attached hydrogen (secondary N) is 2. The average molecular weight is 142 g/mol. The molecule has 0 aromatic rings. The summed E-state index contributed by atoms with van der Waals surface area (Å²) >= 11 is 0. The first-order valence-electron chi connectivity index (χ1n) is 3.12. The van der Waals surface area contributed by atoms with Crippen molar-refractivity contribution in [1.29, 1.82) is 5.41 Å². The van der Waals surface area contributed by atoms with Gasteiger partial charge < -0.3 is 16.5 Å². The summed E-state index contributed by atoms with van der Waals surface area (Å²) in [6.45, 7) is 3.46. The summed E-state index contributed by atoms with van der Waals surface area (Å²) < 4.78 is 0. The van der Waals surface area contributed by atoms with E-state index in [4.69, 9.17) is 11.1 Å². The second-order valence-corrected chi connectivity index (χ2v) is 2.13. The molecule has 4 heteroatoms. The van der Waals surface area contributed by atoms with Crippen LogP contribution in [0.3, 0.4) is 0 Å². The lowest BCUT2D eigenvalue weighted by molar-refractivity contribution is 0.701. The van der Waals surface area contributed by atoms with Crippen molar-refractivity contribution in [1.82, 2.24) is 5.32 Å². The van der Waals surface area contributed by atoms with E-state index in [-0.39, 0.29) is 6.17 Å². The fourth-order valence-corrected chi connectivity index (χ4v) is 0.556. The van der Waals surface area contributed by atoms with Gasteiger partial charge >= 0.3 is 0 Å². The van der Waals surface area contributed by atoms with Gasteiger partial charge in [0.2, 0.25) is 0 Å². The summed E-state index contributed by atoms with van der Waals surface area (Å²) in [5.74, 6) is 0.551. The lowest BCUT2D eigenvalue weighted by Crippen LogP contribution is -2.41. The lowest BCUT2D eigenvalue weighted by atomic mass is 10.3. The van der Waals surface area contributed by atoms with Gasteiger partial charge in [-0.25, -0.2) is 0 Å². The van der Waals surface area contributed by atoms with Gasteiger partial charge in [-0.1, -0.05) is 0 Å². The number of amidine groups is 1. The average Bonchev–Trinajstić information content (AvgIpc) is 1.81. The zero-order valence-electron chi connectivity index (χ0n) is 6.60. The molecule has 10 heavy (non-hydrogen) atoms. The number of hydrogen-bond acceptors (Lipinski definition) is 3. The fourth-order valence-electron chi connectivity index (χ4n) is 0.556. The molecule has 0 aliphatic heterocycles. The Morgan fingerprint density at radius 1 is 1.70 bits per heavy atom. The Hall–Kier alpha value is -0.900. The molecule has 0 aliphatic rings.